The van der Waals surface area contributed by atoms with E-state index in [1.54, 1.807) is 0 Å². The van der Waals surface area contributed by atoms with Crippen molar-refractivity contribution in [2.75, 3.05) is 82.8 Å². The predicted octanol–water partition coefficient (Wildman–Crippen LogP) is 8.39. The van der Waals surface area contributed by atoms with Crippen molar-refractivity contribution in [3.05, 3.63) is 119 Å². The second-order valence-electron chi connectivity index (χ2n) is 18.5. The van der Waals surface area contributed by atoms with Gasteiger partial charge in [0, 0.05) is 94.4 Å². The van der Waals surface area contributed by atoms with Crippen LogP contribution in [0.3, 0.4) is 0 Å². The maximum atomic E-state index is 16.5. The summed E-state index contributed by atoms with van der Waals surface area (Å²) in [6.07, 6.45) is 8.01. The molecule has 1 unspecified atom stereocenters. The highest BCUT2D eigenvalue weighted by Gasteiger charge is 2.61. The van der Waals surface area contributed by atoms with Gasteiger partial charge in [-0.2, -0.15) is 4.48 Å². The molecule has 3 aliphatic heterocycles. The van der Waals surface area contributed by atoms with E-state index in [1.807, 2.05) is 13.8 Å². The summed E-state index contributed by atoms with van der Waals surface area (Å²) in [6.45, 7) is 12.6. The molecule has 2 N–H and O–H groups in total. The van der Waals surface area contributed by atoms with Crippen molar-refractivity contribution in [3.8, 4) is 0 Å². The number of anilines is 2. The van der Waals surface area contributed by atoms with Crippen molar-refractivity contribution in [2.45, 2.75) is 89.3 Å². The lowest BCUT2D eigenvalue weighted by Gasteiger charge is -2.38. The zero-order valence-electron chi connectivity index (χ0n) is 36.2. The summed E-state index contributed by atoms with van der Waals surface area (Å²) in [5.74, 6) is 0.219. The fraction of sp³-hybridized carbons (Fsp3) is 0.510. The third-order valence-corrected chi connectivity index (χ3v) is 15.0. The lowest BCUT2D eigenvalue weighted by molar-refractivity contribution is -0.133. The zero-order chi connectivity index (χ0) is 41.3. The summed E-state index contributed by atoms with van der Waals surface area (Å²) in [5.41, 5.74) is 6.23. The van der Waals surface area contributed by atoms with Gasteiger partial charge >= 0.3 is 5.91 Å². The molecule has 1 aliphatic carbocycles. The molecule has 314 valence electrons. The van der Waals surface area contributed by atoms with Crippen LogP contribution in [0.2, 0.25) is 0 Å². The summed E-state index contributed by atoms with van der Waals surface area (Å²) >= 11 is 0. The van der Waals surface area contributed by atoms with Gasteiger partial charge in [-0.05, 0) is 87.0 Å². The number of quaternary nitrogens is 1. The average Bonchev–Trinajstić information content (AvgIpc) is 3.55. The Bertz CT molecular complexity index is 1970. The van der Waals surface area contributed by atoms with Gasteiger partial charge in [0.05, 0.1) is 23.2 Å². The minimum Gasteiger partial charge on any atom is -0.385 e. The van der Waals surface area contributed by atoms with Crippen LogP contribution >= 0.6 is 0 Å². The van der Waals surface area contributed by atoms with E-state index < -0.39 is 16.6 Å². The van der Waals surface area contributed by atoms with Crippen molar-refractivity contribution < 1.29 is 15.0 Å². The number of likely N-dealkylation sites (N-methyl/N-ethyl adjacent to an activating group) is 2. The molecule has 1 saturated carbocycles. The molecule has 1 amide bonds. The number of amides is 1. The van der Waals surface area contributed by atoms with Crippen molar-refractivity contribution >= 4 is 28.7 Å². The van der Waals surface area contributed by atoms with Gasteiger partial charge in [-0.1, -0.05) is 93.8 Å². The van der Waals surface area contributed by atoms with E-state index in [0.29, 0.717) is 32.2 Å². The first kappa shape index (κ1) is 41.7. The standard InChI is InChI=1S/C51H68N5O3/c1-5-50(58,6-2)42-18-22-44(23-19-42)56(45-24-20-43(21-25-45)51(59)26-12-7-13-27-51)37-28-49(48(56)57,38-40-14-8-10-16-46(40)54-33-29-52(3)30-34-54)39-41-15-9-11-17-47(41)55-35-31-53(4)32-36-55/h8-11,14-25,58-59H,5-7,12-13,26-39H2,1-4H3/q+1. The molecule has 8 heteroatoms. The molecular formula is C51H68N5O3+. The van der Waals surface area contributed by atoms with Crippen LogP contribution < -0.4 is 14.3 Å². The fourth-order valence-corrected chi connectivity index (χ4v) is 10.9. The highest BCUT2D eigenvalue weighted by molar-refractivity contribution is 6.01. The van der Waals surface area contributed by atoms with Crippen LogP contribution in [0.1, 0.15) is 87.5 Å². The highest BCUT2D eigenvalue weighted by Crippen LogP contribution is 2.52. The molecule has 3 heterocycles. The molecule has 4 fully saturated rings. The number of hydrogen-bond donors (Lipinski definition) is 2. The molecule has 0 radical (unpaired) electrons. The Morgan fingerprint density at radius 2 is 1.07 bits per heavy atom. The Hall–Kier alpha value is -4.05. The molecule has 8 nitrogen and oxygen atoms in total. The van der Waals surface area contributed by atoms with Crippen molar-refractivity contribution in [2.24, 2.45) is 5.41 Å². The van der Waals surface area contributed by atoms with E-state index >= 15 is 4.79 Å². The van der Waals surface area contributed by atoms with Crippen LogP contribution in [0.5, 0.6) is 0 Å². The number of carbonyl (C=O) groups is 1. The van der Waals surface area contributed by atoms with E-state index in [-0.39, 0.29) is 10.4 Å². The highest BCUT2D eigenvalue weighted by atomic mass is 16.3. The van der Waals surface area contributed by atoms with E-state index in [2.05, 4.69) is 131 Å². The first-order chi connectivity index (χ1) is 28.5. The van der Waals surface area contributed by atoms with Crippen LogP contribution in [0.25, 0.3) is 0 Å². The van der Waals surface area contributed by atoms with Gasteiger partial charge in [-0.3, -0.25) is 0 Å². The summed E-state index contributed by atoms with van der Waals surface area (Å²) < 4.78 is 0.100. The number of benzene rings is 4. The number of para-hydroxylation sites is 2. The quantitative estimate of drug-likeness (QED) is 0.140. The number of aliphatic hydroxyl groups is 2. The lowest BCUT2D eigenvalue weighted by atomic mass is 9.74. The molecule has 0 spiro atoms. The maximum absolute atomic E-state index is 16.5. The number of piperazine rings is 2. The second-order valence-corrected chi connectivity index (χ2v) is 18.5. The number of rotatable bonds is 12. The van der Waals surface area contributed by atoms with Crippen LogP contribution in [0.4, 0.5) is 22.7 Å². The van der Waals surface area contributed by atoms with Crippen molar-refractivity contribution in [3.63, 3.8) is 0 Å². The average molecular weight is 799 g/mol. The number of carbonyl (C=O) groups excluding carboxylic acids is 1. The van der Waals surface area contributed by atoms with E-state index in [0.717, 1.165) is 113 Å². The van der Waals surface area contributed by atoms with Gasteiger partial charge in [-0.15, -0.1) is 0 Å². The van der Waals surface area contributed by atoms with E-state index in [1.165, 1.54) is 22.5 Å². The Morgan fingerprint density at radius 3 is 1.54 bits per heavy atom. The fourth-order valence-electron chi connectivity index (χ4n) is 10.9. The predicted molar refractivity (Wildman–Crippen MR) is 242 cm³/mol. The van der Waals surface area contributed by atoms with Gasteiger partial charge in [0.25, 0.3) is 0 Å². The molecule has 4 aromatic rings. The van der Waals surface area contributed by atoms with Gasteiger partial charge in [0.1, 0.15) is 11.4 Å². The molecule has 0 bridgehead atoms. The van der Waals surface area contributed by atoms with Gasteiger partial charge in [0.2, 0.25) is 0 Å². The van der Waals surface area contributed by atoms with Crippen LogP contribution in [-0.2, 0) is 28.8 Å². The largest absolute Gasteiger partial charge is 0.385 e. The minimum absolute atomic E-state index is 0.100. The summed E-state index contributed by atoms with van der Waals surface area (Å²) in [6, 6.07) is 34.5. The van der Waals surface area contributed by atoms with E-state index in [4.69, 9.17) is 0 Å². The molecule has 8 rings (SSSR count). The Balaban J connectivity index is 1.26. The second kappa shape index (κ2) is 17.1. The Labute approximate surface area is 353 Å². The molecule has 1 atom stereocenters. The van der Waals surface area contributed by atoms with Crippen LogP contribution in [-0.4, -0.2) is 98.9 Å². The zero-order valence-corrected chi connectivity index (χ0v) is 36.2. The van der Waals surface area contributed by atoms with Crippen LogP contribution in [0, 0.1) is 5.41 Å². The van der Waals surface area contributed by atoms with E-state index in [9.17, 15) is 10.2 Å². The molecule has 4 aromatic carbocycles. The number of nitrogens with zero attached hydrogens (tertiary/aromatic N) is 5. The molecular weight excluding hydrogens is 731 g/mol. The summed E-state index contributed by atoms with van der Waals surface area (Å²) in [5, 5.41) is 23.4. The SMILES string of the molecule is CCC(O)(CC)c1ccc([N+]2(c3ccc(C4(O)CCCCC4)cc3)CCC(Cc3ccccc3N3CCN(C)CC3)(Cc3ccccc3N3CCN(C)CC3)C2=O)cc1. The monoisotopic (exact) mass is 799 g/mol. The topological polar surface area (TPSA) is 70.5 Å². The minimum atomic E-state index is -0.917. The molecule has 0 aromatic heterocycles. The van der Waals surface area contributed by atoms with Crippen molar-refractivity contribution in [1.29, 1.82) is 0 Å². The molecule has 59 heavy (non-hydrogen) atoms. The maximum Gasteiger partial charge on any atom is 0.330 e. The first-order valence-corrected chi connectivity index (χ1v) is 22.7. The van der Waals surface area contributed by atoms with Gasteiger partial charge < -0.3 is 29.8 Å². The summed E-state index contributed by atoms with van der Waals surface area (Å²) in [4.78, 5) is 26.3. The van der Waals surface area contributed by atoms with Gasteiger partial charge in [0.15, 0.2) is 0 Å². The van der Waals surface area contributed by atoms with Gasteiger partial charge in [-0.25, -0.2) is 4.79 Å². The Morgan fingerprint density at radius 1 is 0.610 bits per heavy atom. The van der Waals surface area contributed by atoms with Crippen LogP contribution in [0.15, 0.2) is 97.1 Å². The van der Waals surface area contributed by atoms with Crippen molar-refractivity contribution in [1.82, 2.24) is 14.3 Å². The lowest BCUT2D eigenvalue weighted by Crippen LogP contribution is -2.51. The smallest absolute Gasteiger partial charge is 0.330 e. The first-order valence-electron chi connectivity index (χ1n) is 22.7. The normalized spacial score (nSPS) is 22.8. The third kappa shape index (κ3) is 7.99. The summed E-state index contributed by atoms with van der Waals surface area (Å²) in [7, 11) is 4.40. The molecule has 4 aliphatic rings. The molecule has 3 saturated heterocycles. The number of hydrogen-bond acceptors (Lipinski definition) is 7. The third-order valence-electron chi connectivity index (χ3n) is 15.0. The Kier molecular flexibility index (Phi) is 12.1.